The molecule has 2 nitrogen and oxygen atoms in total. The van der Waals surface area contributed by atoms with Crippen LogP contribution in [0.5, 0.6) is 5.75 Å². The lowest BCUT2D eigenvalue weighted by molar-refractivity contribution is 0.0979. The average Bonchev–Trinajstić information content (AvgIpc) is 2.42. The monoisotopic (exact) mass is 276 g/mol. The molecule has 0 radical (unpaired) electrons. The highest BCUT2D eigenvalue weighted by Gasteiger charge is 2.06. The van der Waals surface area contributed by atoms with Gasteiger partial charge in [0.1, 0.15) is 5.75 Å². The topological polar surface area (TPSA) is 26.3 Å². The van der Waals surface area contributed by atoms with Crippen LogP contribution in [0, 0.1) is 0 Å². The molecule has 1 aromatic rings. The minimum Gasteiger partial charge on any atom is -0.491 e. The van der Waals surface area contributed by atoms with E-state index in [1.54, 1.807) is 0 Å². The van der Waals surface area contributed by atoms with Gasteiger partial charge in [0.25, 0.3) is 0 Å². The summed E-state index contributed by atoms with van der Waals surface area (Å²) < 4.78 is 5.57. The van der Waals surface area contributed by atoms with Gasteiger partial charge in [0, 0.05) is 12.0 Å². The number of Topliss-reactive ketones (excluding diaryl/α,β-unsaturated/α-hetero) is 1. The predicted octanol–water partition coefficient (Wildman–Crippen LogP) is 5.41. The van der Waals surface area contributed by atoms with Gasteiger partial charge < -0.3 is 4.74 Å². The Labute approximate surface area is 123 Å². The standard InChI is InChI=1S/C18H28O2/c1-4-5-6-7-8-9-10-18(19)16-11-13-17(14-12-16)20-15(2)3/h11-15H,4-10H2,1-3H3. The van der Waals surface area contributed by atoms with E-state index in [2.05, 4.69) is 6.92 Å². The summed E-state index contributed by atoms with van der Waals surface area (Å²) in [5.74, 6) is 1.08. The van der Waals surface area contributed by atoms with Crippen LogP contribution in [-0.4, -0.2) is 11.9 Å². The van der Waals surface area contributed by atoms with Crippen molar-refractivity contribution in [3.63, 3.8) is 0 Å². The van der Waals surface area contributed by atoms with E-state index >= 15 is 0 Å². The highest BCUT2D eigenvalue weighted by atomic mass is 16.5. The lowest BCUT2D eigenvalue weighted by atomic mass is 10.0. The van der Waals surface area contributed by atoms with Gasteiger partial charge in [-0.25, -0.2) is 0 Å². The van der Waals surface area contributed by atoms with Crippen molar-refractivity contribution in [2.45, 2.75) is 71.8 Å². The highest BCUT2D eigenvalue weighted by Crippen LogP contribution is 2.16. The zero-order chi connectivity index (χ0) is 14.8. The van der Waals surface area contributed by atoms with Crippen molar-refractivity contribution in [2.24, 2.45) is 0 Å². The third-order valence-corrected chi connectivity index (χ3v) is 3.31. The van der Waals surface area contributed by atoms with Crippen molar-refractivity contribution in [1.29, 1.82) is 0 Å². The summed E-state index contributed by atoms with van der Waals surface area (Å²) in [5.41, 5.74) is 0.801. The molecule has 0 aromatic heterocycles. The van der Waals surface area contributed by atoms with Crippen LogP contribution in [0.4, 0.5) is 0 Å². The number of ketones is 1. The molecule has 20 heavy (non-hydrogen) atoms. The van der Waals surface area contributed by atoms with E-state index in [9.17, 15) is 4.79 Å². The van der Waals surface area contributed by atoms with Crippen LogP contribution in [0.1, 0.15) is 76.1 Å². The fourth-order valence-corrected chi connectivity index (χ4v) is 2.20. The summed E-state index contributed by atoms with van der Waals surface area (Å²) in [5, 5.41) is 0. The summed E-state index contributed by atoms with van der Waals surface area (Å²) in [6.07, 6.45) is 8.13. The Morgan fingerprint density at radius 2 is 1.60 bits per heavy atom. The smallest absolute Gasteiger partial charge is 0.162 e. The van der Waals surface area contributed by atoms with E-state index in [1.807, 2.05) is 38.1 Å². The maximum absolute atomic E-state index is 12.0. The lowest BCUT2D eigenvalue weighted by Crippen LogP contribution is -2.06. The Hall–Kier alpha value is -1.31. The van der Waals surface area contributed by atoms with E-state index in [4.69, 9.17) is 4.74 Å². The first-order valence-electron chi connectivity index (χ1n) is 7.93. The quantitative estimate of drug-likeness (QED) is 0.422. The number of carbonyl (C=O) groups excluding carboxylic acids is 1. The zero-order valence-electron chi connectivity index (χ0n) is 13.2. The molecule has 0 saturated heterocycles. The predicted molar refractivity (Wildman–Crippen MR) is 84.5 cm³/mol. The number of benzene rings is 1. The molecule has 0 atom stereocenters. The molecule has 0 amide bonds. The van der Waals surface area contributed by atoms with E-state index in [-0.39, 0.29) is 11.9 Å². The molecule has 0 saturated carbocycles. The van der Waals surface area contributed by atoms with Gasteiger partial charge in [-0.1, -0.05) is 39.0 Å². The second-order valence-electron chi connectivity index (χ2n) is 5.63. The molecule has 112 valence electrons. The zero-order valence-corrected chi connectivity index (χ0v) is 13.2. The fraction of sp³-hybridized carbons (Fsp3) is 0.611. The lowest BCUT2D eigenvalue weighted by Gasteiger charge is -2.09. The van der Waals surface area contributed by atoms with Crippen molar-refractivity contribution < 1.29 is 9.53 Å². The van der Waals surface area contributed by atoms with E-state index in [0.29, 0.717) is 6.42 Å². The number of unbranched alkanes of at least 4 members (excludes halogenated alkanes) is 5. The summed E-state index contributed by atoms with van der Waals surface area (Å²) in [4.78, 5) is 12.0. The van der Waals surface area contributed by atoms with Gasteiger partial charge in [-0.3, -0.25) is 4.79 Å². The van der Waals surface area contributed by atoms with E-state index in [1.165, 1.54) is 32.1 Å². The molecule has 1 rings (SSSR count). The molecular formula is C18H28O2. The van der Waals surface area contributed by atoms with E-state index in [0.717, 1.165) is 17.7 Å². The Bertz CT molecular complexity index is 379. The molecule has 0 N–H and O–H groups in total. The van der Waals surface area contributed by atoms with Crippen molar-refractivity contribution in [3.8, 4) is 5.75 Å². The molecule has 0 heterocycles. The Morgan fingerprint density at radius 1 is 1.00 bits per heavy atom. The van der Waals surface area contributed by atoms with Gasteiger partial charge in [0.15, 0.2) is 5.78 Å². The van der Waals surface area contributed by atoms with Crippen LogP contribution in [0.3, 0.4) is 0 Å². The Kier molecular flexibility index (Phi) is 8.01. The normalized spacial score (nSPS) is 10.8. The van der Waals surface area contributed by atoms with Crippen molar-refractivity contribution >= 4 is 5.78 Å². The van der Waals surface area contributed by atoms with Gasteiger partial charge in [-0.15, -0.1) is 0 Å². The molecule has 2 heteroatoms. The number of ether oxygens (including phenoxy) is 1. The molecule has 0 unspecified atom stereocenters. The minimum atomic E-state index is 0.166. The van der Waals surface area contributed by atoms with Crippen molar-refractivity contribution in [3.05, 3.63) is 29.8 Å². The highest BCUT2D eigenvalue weighted by molar-refractivity contribution is 5.96. The third-order valence-electron chi connectivity index (χ3n) is 3.31. The van der Waals surface area contributed by atoms with Crippen LogP contribution >= 0.6 is 0 Å². The number of hydrogen-bond acceptors (Lipinski definition) is 2. The second-order valence-corrected chi connectivity index (χ2v) is 5.63. The van der Waals surface area contributed by atoms with Gasteiger partial charge in [-0.05, 0) is 44.5 Å². The third kappa shape index (κ3) is 6.74. The summed E-state index contributed by atoms with van der Waals surface area (Å²) >= 11 is 0. The molecule has 0 aliphatic carbocycles. The molecule has 0 spiro atoms. The van der Waals surface area contributed by atoms with Crippen LogP contribution in [-0.2, 0) is 0 Å². The first-order chi connectivity index (χ1) is 9.63. The Balaban J connectivity index is 2.29. The summed E-state index contributed by atoms with van der Waals surface area (Å²) in [6.45, 7) is 6.21. The van der Waals surface area contributed by atoms with E-state index < -0.39 is 0 Å². The first kappa shape index (κ1) is 16.7. The van der Waals surface area contributed by atoms with Gasteiger partial charge >= 0.3 is 0 Å². The number of rotatable bonds is 10. The first-order valence-corrected chi connectivity index (χ1v) is 7.93. The molecule has 0 aliphatic rings. The molecule has 0 fully saturated rings. The molecule has 1 aromatic carbocycles. The largest absolute Gasteiger partial charge is 0.491 e. The second kappa shape index (κ2) is 9.57. The average molecular weight is 276 g/mol. The van der Waals surface area contributed by atoms with Crippen LogP contribution in [0.25, 0.3) is 0 Å². The SMILES string of the molecule is CCCCCCCCC(=O)c1ccc(OC(C)C)cc1. The van der Waals surface area contributed by atoms with Crippen molar-refractivity contribution in [2.75, 3.05) is 0 Å². The Morgan fingerprint density at radius 3 is 2.20 bits per heavy atom. The molecular weight excluding hydrogens is 248 g/mol. The van der Waals surface area contributed by atoms with Crippen LogP contribution in [0.2, 0.25) is 0 Å². The number of hydrogen-bond donors (Lipinski definition) is 0. The maximum atomic E-state index is 12.0. The summed E-state index contributed by atoms with van der Waals surface area (Å²) in [6, 6.07) is 7.51. The minimum absolute atomic E-state index is 0.166. The number of carbonyl (C=O) groups is 1. The van der Waals surface area contributed by atoms with Gasteiger partial charge in [-0.2, -0.15) is 0 Å². The summed E-state index contributed by atoms with van der Waals surface area (Å²) in [7, 11) is 0. The van der Waals surface area contributed by atoms with Gasteiger partial charge in [0.2, 0.25) is 0 Å². The fourth-order valence-electron chi connectivity index (χ4n) is 2.20. The van der Waals surface area contributed by atoms with Crippen LogP contribution in [0.15, 0.2) is 24.3 Å². The van der Waals surface area contributed by atoms with Crippen LogP contribution < -0.4 is 4.74 Å². The van der Waals surface area contributed by atoms with Gasteiger partial charge in [0.05, 0.1) is 6.10 Å². The molecule has 0 bridgehead atoms. The maximum Gasteiger partial charge on any atom is 0.162 e. The molecule has 0 aliphatic heterocycles. The van der Waals surface area contributed by atoms with Crippen molar-refractivity contribution in [1.82, 2.24) is 0 Å².